The largest absolute Gasteiger partial charge is 0.464 e. The summed E-state index contributed by atoms with van der Waals surface area (Å²) in [5, 5.41) is 0. The maximum absolute atomic E-state index is 13.4. The van der Waals surface area contributed by atoms with Gasteiger partial charge < -0.3 is 14.4 Å². The first kappa shape index (κ1) is 24.7. The predicted molar refractivity (Wildman–Crippen MR) is 139 cm³/mol. The SMILES string of the molecule is CCOC(=O)C1=C(c2ccc(C)cc2)c2c(-c3ccc(Br)cc3)nc(N(C)C)n2C1C(=O)OCC. The van der Waals surface area contributed by atoms with E-state index in [9.17, 15) is 9.59 Å². The topological polar surface area (TPSA) is 73.7 Å². The minimum Gasteiger partial charge on any atom is -0.464 e. The van der Waals surface area contributed by atoms with E-state index in [1.807, 2.05) is 74.4 Å². The third-order valence-electron chi connectivity index (χ3n) is 5.79. The molecule has 4 rings (SSSR count). The lowest BCUT2D eigenvalue weighted by Crippen LogP contribution is -2.28. The molecule has 0 saturated heterocycles. The average molecular weight is 538 g/mol. The smallest absolute Gasteiger partial charge is 0.337 e. The number of aromatic nitrogens is 2. The molecule has 1 aromatic heterocycles. The number of imidazole rings is 1. The molecule has 1 aliphatic rings. The van der Waals surface area contributed by atoms with Gasteiger partial charge in [-0.05, 0) is 38.5 Å². The Balaban J connectivity index is 2.11. The van der Waals surface area contributed by atoms with Crippen LogP contribution in [-0.2, 0) is 19.1 Å². The zero-order valence-corrected chi connectivity index (χ0v) is 22.0. The highest BCUT2D eigenvalue weighted by Gasteiger charge is 2.46. The molecule has 0 radical (unpaired) electrons. The van der Waals surface area contributed by atoms with Gasteiger partial charge in [-0.1, -0.05) is 57.9 Å². The van der Waals surface area contributed by atoms with E-state index in [-0.39, 0.29) is 18.8 Å². The summed E-state index contributed by atoms with van der Waals surface area (Å²) in [6.07, 6.45) is 0. The second-order valence-electron chi connectivity index (χ2n) is 8.41. The van der Waals surface area contributed by atoms with E-state index >= 15 is 0 Å². The van der Waals surface area contributed by atoms with Crippen LogP contribution < -0.4 is 4.90 Å². The standard InChI is InChI=1S/C27H28BrN3O4/c1-6-34-25(32)21-20(17-10-8-16(3)9-11-17)23-22(18-12-14-19(28)15-13-18)29-27(30(4)5)31(23)24(21)26(33)35-7-2/h8-15,24H,6-7H2,1-5H3. The maximum atomic E-state index is 13.4. The van der Waals surface area contributed by atoms with Crippen molar-refractivity contribution in [2.45, 2.75) is 26.8 Å². The van der Waals surface area contributed by atoms with Crippen LogP contribution in [0, 0.1) is 6.92 Å². The Hall–Kier alpha value is -3.39. The summed E-state index contributed by atoms with van der Waals surface area (Å²) in [6, 6.07) is 14.7. The van der Waals surface area contributed by atoms with Gasteiger partial charge in [-0.2, -0.15) is 0 Å². The van der Waals surface area contributed by atoms with Gasteiger partial charge >= 0.3 is 11.9 Å². The van der Waals surface area contributed by atoms with E-state index in [0.717, 1.165) is 21.2 Å². The molecule has 3 aromatic rings. The summed E-state index contributed by atoms with van der Waals surface area (Å²) in [7, 11) is 3.72. The minimum atomic E-state index is -1.02. The molecule has 8 heteroatoms. The zero-order valence-electron chi connectivity index (χ0n) is 20.5. The molecule has 1 atom stereocenters. The van der Waals surface area contributed by atoms with Gasteiger partial charge in [0.15, 0.2) is 6.04 Å². The van der Waals surface area contributed by atoms with Crippen LogP contribution >= 0.6 is 15.9 Å². The van der Waals surface area contributed by atoms with Crippen molar-refractivity contribution in [3.8, 4) is 11.3 Å². The molecule has 0 aliphatic carbocycles. The molecule has 0 spiro atoms. The van der Waals surface area contributed by atoms with Crippen molar-refractivity contribution in [2.24, 2.45) is 0 Å². The fourth-order valence-corrected chi connectivity index (χ4v) is 4.57. The van der Waals surface area contributed by atoms with Gasteiger partial charge in [-0.15, -0.1) is 0 Å². The summed E-state index contributed by atoms with van der Waals surface area (Å²) in [4.78, 5) is 33.6. The van der Waals surface area contributed by atoms with E-state index in [2.05, 4.69) is 15.9 Å². The van der Waals surface area contributed by atoms with Crippen LogP contribution in [0.1, 0.15) is 36.7 Å². The number of anilines is 1. The van der Waals surface area contributed by atoms with Gasteiger partial charge in [-0.3, -0.25) is 4.57 Å². The number of aryl methyl sites for hydroxylation is 1. The van der Waals surface area contributed by atoms with Gasteiger partial charge in [0.1, 0.15) is 0 Å². The molecule has 1 unspecified atom stereocenters. The van der Waals surface area contributed by atoms with E-state index in [1.54, 1.807) is 18.4 Å². The lowest BCUT2D eigenvalue weighted by molar-refractivity contribution is -0.149. The Bertz CT molecular complexity index is 1290. The van der Waals surface area contributed by atoms with Crippen LogP contribution in [0.5, 0.6) is 0 Å². The average Bonchev–Trinajstić information content (AvgIpc) is 3.36. The van der Waals surface area contributed by atoms with Crippen molar-refractivity contribution in [3.05, 3.63) is 75.4 Å². The van der Waals surface area contributed by atoms with Crippen LogP contribution in [0.3, 0.4) is 0 Å². The van der Waals surface area contributed by atoms with Crippen LogP contribution in [0.4, 0.5) is 5.95 Å². The molecule has 0 bridgehead atoms. The molecule has 182 valence electrons. The lowest BCUT2D eigenvalue weighted by atomic mass is 9.93. The van der Waals surface area contributed by atoms with Crippen molar-refractivity contribution in [2.75, 3.05) is 32.2 Å². The second-order valence-corrected chi connectivity index (χ2v) is 9.33. The first-order valence-corrected chi connectivity index (χ1v) is 12.3. The maximum Gasteiger partial charge on any atom is 0.337 e. The fraction of sp³-hybridized carbons (Fsp3) is 0.296. The highest BCUT2D eigenvalue weighted by molar-refractivity contribution is 9.10. The number of benzene rings is 2. The predicted octanol–water partition coefficient (Wildman–Crippen LogP) is 5.17. The fourth-order valence-electron chi connectivity index (χ4n) is 4.30. The molecular weight excluding hydrogens is 510 g/mol. The molecule has 0 amide bonds. The zero-order chi connectivity index (χ0) is 25.3. The summed E-state index contributed by atoms with van der Waals surface area (Å²) in [6.45, 7) is 5.87. The van der Waals surface area contributed by atoms with Crippen LogP contribution in [0.15, 0.2) is 58.6 Å². The van der Waals surface area contributed by atoms with Crippen LogP contribution in [0.25, 0.3) is 16.8 Å². The van der Waals surface area contributed by atoms with E-state index in [4.69, 9.17) is 14.5 Å². The first-order valence-electron chi connectivity index (χ1n) is 11.5. The summed E-state index contributed by atoms with van der Waals surface area (Å²) < 4.78 is 13.7. The molecular formula is C27H28BrN3O4. The van der Waals surface area contributed by atoms with Crippen molar-refractivity contribution < 1.29 is 19.1 Å². The molecule has 2 aromatic carbocycles. The minimum absolute atomic E-state index is 0.187. The Morgan fingerprint density at radius 1 is 0.971 bits per heavy atom. The molecule has 35 heavy (non-hydrogen) atoms. The van der Waals surface area contributed by atoms with E-state index in [1.165, 1.54) is 0 Å². The van der Waals surface area contributed by atoms with Crippen LogP contribution in [-0.4, -0.2) is 48.8 Å². The number of fused-ring (bicyclic) bond motifs is 1. The molecule has 0 N–H and O–H groups in total. The third-order valence-corrected chi connectivity index (χ3v) is 6.32. The highest BCUT2D eigenvalue weighted by atomic mass is 79.9. The lowest BCUT2D eigenvalue weighted by Gasteiger charge is -2.20. The van der Waals surface area contributed by atoms with Gasteiger partial charge in [-0.25, -0.2) is 14.6 Å². The molecule has 1 aliphatic heterocycles. The quantitative estimate of drug-likeness (QED) is 0.387. The van der Waals surface area contributed by atoms with Gasteiger partial charge in [0.25, 0.3) is 0 Å². The van der Waals surface area contributed by atoms with Crippen molar-refractivity contribution in [1.82, 2.24) is 9.55 Å². The molecule has 0 fully saturated rings. The Morgan fingerprint density at radius 2 is 1.57 bits per heavy atom. The normalized spacial score (nSPS) is 14.6. The number of hydrogen-bond acceptors (Lipinski definition) is 6. The number of carbonyl (C=O) groups is 2. The number of esters is 2. The first-order chi connectivity index (χ1) is 16.8. The van der Waals surface area contributed by atoms with Gasteiger partial charge in [0.05, 0.1) is 30.2 Å². The monoisotopic (exact) mass is 537 g/mol. The Kier molecular flexibility index (Phi) is 7.12. The Labute approximate surface area is 213 Å². The summed E-state index contributed by atoms with van der Waals surface area (Å²) in [5.41, 5.74) is 4.99. The second kappa shape index (κ2) is 10.1. The summed E-state index contributed by atoms with van der Waals surface area (Å²) in [5.74, 6) is -0.530. The Morgan fingerprint density at radius 3 is 2.14 bits per heavy atom. The third kappa shape index (κ3) is 4.50. The number of rotatable bonds is 7. The summed E-state index contributed by atoms with van der Waals surface area (Å²) >= 11 is 3.49. The van der Waals surface area contributed by atoms with Crippen molar-refractivity contribution >= 4 is 39.4 Å². The number of nitrogens with zero attached hydrogens (tertiary/aromatic N) is 3. The number of ether oxygens (including phenoxy) is 2. The molecule has 7 nitrogen and oxygen atoms in total. The number of halogens is 1. The van der Waals surface area contributed by atoms with Gasteiger partial charge in [0.2, 0.25) is 5.95 Å². The van der Waals surface area contributed by atoms with Gasteiger partial charge in [0, 0.05) is 29.7 Å². The molecule has 0 saturated carbocycles. The number of carbonyl (C=O) groups excluding carboxylic acids is 2. The molecule has 2 heterocycles. The van der Waals surface area contributed by atoms with Crippen LogP contribution in [0.2, 0.25) is 0 Å². The van der Waals surface area contributed by atoms with E-state index in [0.29, 0.717) is 22.9 Å². The van der Waals surface area contributed by atoms with Crippen molar-refractivity contribution in [1.29, 1.82) is 0 Å². The van der Waals surface area contributed by atoms with Crippen molar-refractivity contribution in [3.63, 3.8) is 0 Å². The van der Waals surface area contributed by atoms with E-state index < -0.39 is 18.0 Å². The highest BCUT2D eigenvalue weighted by Crippen LogP contribution is 2.48. The number of hydrogen-bond donors (Lipinski definition) is 0.